The molecule has 3 saturated heterocycles. The van der Waals surface area contributed by atoms with Crippen LogP contribution in [0.15, 0.2) is 61.2 Å². The van der Waals surface area contributed by atoms with Gasteiger partial charge in [-0.15, -0.1) is 6.58 Å². The normalized spacial score (nSPS) is 24.1. The van der Waals surface area contributed by atoms with Gasteiger partial charge in [0.05, 0.1) is 13.2 Å². The first-order valence-electron chi connectivity index (χ1n) is 13.1. The van der Waals surface area contributed by atoms with E-state index in [0.29, 0.717) is 17.6 Å². The number of carbonyl (C=O) groups excluding carboxylic acids is 1. The Balaban J connectivity index is 1.45. The maximum atomic E-state index is 12.8. The molecule has 0 aromatic heterocycles. The third kappa shape index (κ3) is 5.30. The van der Waals surface area contributed by atoms with Gasteiger partial charge in [0.1, 0.15) is 5.75 Å². The zero-order chi connectivity index (χ0) is 24.2. The number of amides is 1. The number of rotatable bonds is 8. The Bertz CT molecular complexity index is 1020. The fourth-order valence-corrected chi connectivity index (χ4v) is 6.15. The predicted molar refractivity (Wildman–Crippen MR) is 139 cm³/mol. The summed E-state index contributed by atoms with van der Waals surface area (Å²) in [7, 11) is 1.73. The minimum atomic E-state index is -0.0220. The number of hydrogen-bond donors (Lipinski definition) is 1. The molecule has 2 aromatic rings. The fraction of sp³-hybridized carbons (Fsp3) is 0.483. The standard InChI is InChI=1S/C29H38N4O2/c1-3-16-31-19-15-25-13-14-26(21-31)33(25)28(24-7-6-8-27(20-24)35-2)22-9-11-23(12-10-22)29(34)30-32-17-4-5-18-32/h3,6-12,20,25-26,28H,1,4-5,13-19,21H2,2H3,(H,30,34). The molecule has 6 heteroatoms. The van der Waals surface area contributed by atoms with Crippen LogP contribution in [-0.4, -0.2) is 72.6 Å². The van der Waals surface area contributed by atoms with Gasteiger partial charge in [-0.05, 0) is 67.5 Å². The highest BCUT2D eigenvalue weighted by atomic mass is 16.5. The van der Waals surface area contributed by atoms with E-state index in [2.05, 4.69) is 52.1 Å². The number of carbonyl (C=O) groups is 1. The Morgan fingerprint density at radius 3 is 2.57 bits per heavy atom. The average molecular weight is 475 g/mol. The smallest absolute Gasteiger partial charge is 0.265 e. The minimum Gasteiger partial charge on any atom is -0.497 e. The van der Waals surface area contributed by atoms with Gasteiger partial charge in [-0.25, -0.2) is 5.01 Å². The molecule has 1 N–H and O–H groups in total. The summed E-state index contributed by atoms with van der Waals surface area (Å²) >= 11 is 0. The number of ether oxygens (including phenoxy) is 1. The summed E-state index contributed by atoms with van der Waals surface area (Å²) < 4.78 is 5.59. The van der Waals surface area contributed by atoms with E-state index in [1.165, 1.54) is 30.4 Å². The van der Waals surface area contributed by atoms with Crippen molar-refractivity contribution in [2.75, 3.05) is 39.8 Å². The van der Waals surface area contributed by atoms with Gasteiger partial charge in [0.2, 0.25) is 0 Å². The SMILES string of the molecule is C=CCN1CCC2CCC(C1)N2C(c1ccc(C(=O)NN2CCCC2)cc1)c1cccc(OC)c1. The van der Waals surface area contributed by atoms with Crippen LogP contribution in [0.3, 0.4) is 0 Å². The van der Waals surface area contributed by atoms with E-state index in [4.69, 9.17) is 4.74 Å². The van der Waals surface area contributed by atoms with Crippen LogP contribution in [-0.2, 0) is 0 Å². The number of hydrogen-bond acceptors (Lipinski definition) is 5. The number of hydrazine groups is 1. The lowest BCUT2D eigenvalue weighted by atomic mass is 9.94. The number of likely N-dealkylation sites (tertiary alicyclic amines) is 1. The van der Waals surface area contributed by atoms with Gasteiger partial charge in [-0.2, -0.15) is 0 Å². The Labute approximate surface area is 209 Å². The van der Waals surface area contributed by atoms with Gasteiger partial charge in [-0.3, -0.25) is 20.0 Å². The van der Waals surface area contributed by atoms with Crippen LogP contribution >= 0.6 is 0 Å². The third-order valence-electron chi connectivity index (χ3n) is 7.87. The molecule has 3 aliphatic heterocycles. The molecule has 3 fully saturated rings. The van der Waals surface area contributed by atoms with Gasteiger partial charge >= 0.3 is 0 Å². The van der Waals surface area contributed by atoms with E-state index in [1.807, 2.05) is 29.3 Å². The maximum Gasteiger partial charge on any atom is 0.265 e. The van der Waals surface area contributed by atoms with Crippen LogP contribution in [0.2, 0.25) is 0 Å². The second-order valence-corrected chi connectivity index (χ2v) is 10.1. The van der Waals surface area contributed by atoms with Gasteiger partial charge in [0.15, 0.2) is 0 Å². The van der Waals surface area contributed by atoms with Crippen molar-refractivity contribution in [3.8, 4) is 5.75 Å². The molecule has 3 unspecified atom stereocenters. The van der Waals surface area contributed by atoms with Crippen molar-refractivity contribution in [2.24, 2.45) is 0 Å². The van der Waals surface area contributed by atoms with Crippen molar-refractivity contribution in [2.45, 2.75) is 50.2 Å². The van der Waals surface area contributed by atoms with Gasteiger partial charge in [0, 0.05) is 50.4 Å². The average Bonchev–Trinajstić information content (AvgIpc) is 3.49. The van der Waals surface area contributed by atoms with E-state index in [1.54, 1.807) is 7.11 Å². The van der Waals surface area contributed by atoms with Crippen molar-refractivity contribution in [1.29, 1.82) is 0 Å². The van der Waals surface area contributed by atoms with Gasteiger partial charge < -0.3 is 4.74 Å². The van der Waals surface area contributed by atoms with Crippen LogP contribution in [0.25, 0.3) is 0 Å². The van der Waals surface area contributed by atoms with Gasteiger partial charge in [0.25, 0.3) is 5.91 Å². The molecular weight excluding hydrogens is 436 g/mol. The van der Waals surface area contributed by atoms with E-state index in [-0.39, 0.29) is 11.9 Å². The molecule has 5 rings (SSSR count). The van der Waals surface area contributed by atoms with Crippen molar-refractivity contribution < 1.29 is 9.53 Å². The summed E-state index contributed by atoms with van der Waals surface area (Å²) in [5.74, 6) is 0.857. The molecule has 3 aliphatic rings. The largest absolute Gasteiger partial charge is 0.497 e. The Hall–Kier alpha value is -2.67. The molecule has 0 radical (unpaired) electrons. The van der Waals surface area contributed by atoms with Crippen molar-refractivity contribution in [3.05, 3.63) is 77.9 Å². The first-order valence-corrected chi connectivity index (χ1v) is 13.1. The maximum absolute atomic E-state index is 12.8. The van der Waals surface area contributed by atoms with E-state index >= 15 is 0 Å². The second-order valence-electron chi connectivity index (χ2n) is 10.1. The van der Waals surface area contributed by atoms with E-state index in [9.17, 15) is 4.79 Å². The number of nitrogens with zero attached hydrogens (tertiary/aromatic N) is 3. The lowest BCUT2D eigenvalue weighted by Crippen LogP contribution is -2.42. The number of nitrogens with one attached hydrogen (secondary N) is 1. The Morgan fingerprint density at radius 2 is 1.83 bits per heavy atom. The summed E-state index contributed by atoms with van der Waals surface area (Å²) in [6.07, 6.45) is 7.93. The molecule has 1 amide bonds. The van der Waals surface area contributed by atoms with Crippen molar-refractivity contribution >= 4 is 5.91 Å². The molecule has 3 heterocycles. The molecule has 0 spiro atoms. The first-order chi connectivity index (χ1) is 17.2. The van der Waals surface area contributed by atoms with Crippen LogP contribution in [0.5, 0.6) is 5.75 Å². The molecule has 2 bridgehead atoms. The number of methoxy groups -OCH3 is 1. The van der Waals surface area contributed by atoms with Crippen LogP contribution in [0.1, 0.15) is 59.6 Å². The summed E-state index contributed by atoms with van der Waals surface area (Å²) in [4.78, 5) is 18.1. The zero-order valence-corrected chi connectivity index (χ0v) is 20.9. The van der Waals surface area contributed by atoms with E-state index < -0.39 is 0 Å². The fourth-order valence-electron chi connectivity index (χ4n) is 6.15. The topological polar surface area (TPSA) is 48.0 Å². The molecular formula is C29H38N4O2. The summed E-state index contributed by atoms with van der Waals surface area (Å²) in [5.41, 5.74) is 6.24. The van der Waals surface area contributed by atoms with Crippen molar-refractivity contribution in [1.82, 2.24) is 20.2 Å². The molecule has 0 saturated carbocycles. The molecule has 35 heavy (non-hydrogen) atoms. The quantitative estimate of drug-likeness (QED) is 0.580. The predicted octanol–water partition coefficient (Wildman–Crippen LogP) is 4.25. The monoisotopic (exact) mass is 474 g/mol. The highest BCUT2D eigenvalue weighted by Gasteiger charge is 2.42. The van der Waals surface area contributed by atoms with Crippen LogP contribution in [0.4, 0.5) is 0 Å². The summed E-state index contributed by atoms with van der Waals surface area (Å²) in [6, 6.07) is 17.9. The molecule has 3 atom stereocenters. The zero-order valence-electron chi connectivity index (χ0n) is 20.9. The minimum absolute atomic E-state index is 0.0220. The summed E-state index contributed by atoms with van der Waals surface area (Å²) in [6.45, 7) is 8.96. The Kier molecular flexibility index (Phi) is 7.51. The molecule has 2 aromatic carbocycles. The number of fused-ring (bicyclic) bond motifs is 2. The highest BCUT2D eigenvalue weighted by Crippen LogP contribution is 2.41. The summed E-state index contributed by atoms with van der Waals surface area (Å²) in [5, 5.41) is 2.03. The van der Waals surface area contributed by atoms with Gasteiger partial charge in [-0.1, -0.05) is 30.3 Å². The molecule has 6 nitrogen and oxygen atoms in total. The lowest BCUT2D eigenvalue weighted by Gasteiger charge is -2.37. The second kappa shape index (κ2) is 10.9. The third-order valence-corrected chi connectivity index (χ3v) is 7.87. The Morgan fingerprint density at radius 1 is 1.06 bits per heavy atom. The van der Waals surface area contributed by atoms with Crippen LogP contribution < -0.4 is 10.2 Å². The van der Waals surface area contributed by atoms with Crippen LogP contribution in [0, 0.1) is 0 Å². The number of benzene rings is 2. The molecule has 186 valence electrons. The lowest BCUT2D eigenvalue weighted by molar-refractivity contribution is 0.0825. The van der Waals surface area contributed by atoms with E-state index in [0.717, 1.165) is 51.3 Å². The van der Waals surface area contributed by atoms with Crippen molar-refractivity contribution in [3.63, 3.8) is 0 Å². The highest BCUT2D eigenvalue weighted by molar-refractivity contribution is 5.93. The first kappa shape index (κ1) is 24.0. The molecule has 0 aliphatic carbocycles.